The molecule has 0 aliphatic carbocycles. The van der Waals surface area contributed by atoms with Gasteiger partial charge in [0.1, 0.15) is 5.88 Å². The smallest absolute Gasteiger partial charge is 0.250 e. The Labute approximate surface area is 202 Å². The number of hydrogen-bond acceptors (Lipinski definition) is 9. The highest BCUT2D eigenvalue weighted by atomic mass is 35.5. The molecule has 0 atom stereocenters. The van der Waals surface area contributed by atoms with Crippen molar-refractivity contribution < 1.29 is 14.4 Å². The number of hydrogen-bond donors (Lipinski definition) is 3. The maximum absolute atomic E-state index is 12.1. The Balaban J connectivity index is 1.61. The SMILES string of the molecule is CC(=O)Nn1c(Cc2csc(NC(=O)CCl)n2)nnc1SCC(=O)N/N=C/c1ccccc1. The van der Waals surface area contributed by atoms with E-state index < -0.39 is 0 Å². The number of thiazole rings is 1. The standard InChI is InChI=1S/C19H19ClN8O3S2/c1-12(29)27-28-15(7-14-10-32-18(22-14)23-16(30)8-20)24-26-19(28)33-11-17(31)25-21-9-13-5-3-2-4-6-13/h2-6,9-10H,7-8,11H2,1H3,(H,25,31)(H,27,29)(H,22,23,30)/b21-9+. The lowest BCUT2D eigenvalue weighted by Crippen LogP contribution is -2.24. The van der Waals surface area contributed by atoms with Crippen molar-refractivity contribution in [2.45, 2.75) is 18.5 Å². The topological polar surface area (TPSA) is 143 Å². The van der Waals surface area contributed by atoms with Gasteiger partial charge in [-0.15, -0.1) is 33.1 Å². The number of anilines is 1. The number of halogens is 1. The minimum absolute atomic E-state index is 0.00908. The zero-order chi connectivity index (χ0) is 23.6. The average Bonchev–Trinajstić information content (AvgIpc) is 3.39. The van der Waals surface area contributed by atoms with Gasteiger partial charge in [0, 0.05) is 12.3 Å². The lowest BCUT2D eigenvalue weighted by molar-refractivity contribution is -0.118. The largest absolute Gasteiger partial charge is 0.301 e. The summed E-state index contributed by atoms with van der Waals surface area (Å²) in [4.78, 5) is 39.5. The van der Waals surface area contributed by atoms with Crippen LogP contribution in [-0.2, 0) is 20.8 Å². The maximum Gasteiger partial charge on any atom is 0.250 e. The number of alkyl halides is 1. The molecule has 0 fully saturated rings. The first kappa shape index (κ1) is 24.4. The van der Waals surface area contributed by atoms with Gasteiger partial charge in [0.05, 0.1) is 24.1 Å². The van der Waals surface area contributed by atoms with Crippen LogP contribution < -0.4 is 16.2 Å². The van der Waals surface area contributed by atoms with Gasteiger partial charge in [0.15, 0.2) is 11.0 Å². The predicted octanol–water partition coefficient (Wildman–Crippen LogP) is 1.84. The van der Waals surface area contributed by atoms with Crippen LogP contribution in [0.5, 0.6) is 0 Å². The first-order valence-corrected chi connectivity index (χ1v) is 11.9. The summed E-state index contributed by atoms with van der Waals surface area (Å²) in [7, 11) is 0. The molecule has 0 radical (unpaired) electrons. The molecule has 2 heterocycles. The fourth-order valence-electron chi connectivity index (χ4n) is 2.42. The predicted molar refractivity (Wildman–Crippen MR) is 127 cm³/mol. The van der Waals surface area contributed by atoms with Crippen molar-refractivity contribution in [2.24, 2.45) is 5.10 Å². The molecule has 3 rings (SSSR count). The second kappa shape index (κ2) is 12.1. The van der Waals surface area contributed by atoms with E-state index >= 15 is 0 Å². The number of carbonyl (C=O) groups excluding carboxylic acids is 3. The Morgan fingerprint density at radius 1 is 1.21 bits per heavy atom. The molecule has 14 heteroatoms. The molecule has 172 valence electrons. The van der Waals surface area contributed by atoms with Crippen molar-refractivity contribution in [1.82, 2.24) is 25.3 Å². The monoisotopic (exact) mass is 506 g/mol. The molecular weight excluding hydrogens is 488 g/mol. The van der Waals surface area contributed by atoms with Gasteiger partial charge in [-0.1, -0.05) is 42.1 Å². The number of benzene rings is 1. The van der Waals surface area contributed by atoms with Gasteiger partial charge in [0.2, 0.25) is 17.0 Å². The van der Waals surface area contributed by atoms with Gasteiger partial charge >= 0.3 is 0 Å². The molecule has 2 aromatic heterocycles. The van der Waals surface area contributed by atoms with Gasteiger partial charge in [-0.05, 0) is 5.56 Å². The molecule has 0 aliphatic rings. The second-order valence-corrected chi connectivity index (χ2v) is 8.47. The summed E-state index contributed by atoms with van der Waals surface area (Å²) in [5.41, 5.74) is 6.56. The Kier molecular flexibility index (Phi) is 8.92. The molecule has 3 aromatic rings. The molecule has 1 aromatic carbocycles. The van der Waals surface area contributed by atoms with Crippen LogP contribution in [0, 0.1) is 0 Å². The second-order valence-electron chi connectivity index (χ2n) is 6.40. The number of hydrazone groups is 1. The van der Waals surface area contributed by atoms with Crippen LogP contribution >= 0.6 is 34.7 Å². The summed E-state index contributed by atoms with van der Waals surface area (Å²) in [6.07, 6.45) is 1.78. The van der Waals surface area contributed by atoms with Crippen molar-refractivity contribution in [3.63, 3.8) is 0 Å². The van der Waals surface area contributed by atoms with Crippen molar-refractivity contribution in [1.29, 1.82) is 0 Å². The molecule has 0 spiro atoms. The average molecular weight is 507 g/mol. The van der Waals surface area contributed by atoms with Crippen molar-refractivity contribution in [3.05, 3.63) is 52.8 Å². The van der Waals surface area contributed by atoms with Gasteiger partial charge in [-0.2, -0.15) is 5.10 Å². The summed E-state index contributed by atoms with van der Waals surface area (Å²) in [5, 5.41) is 17.1. The summed E-state index contributed by atoms with van der Waals surface area (Å²) in [6, 6.07) is 9.35. The fourth-order valence-corrected chi connectivity index (χ4v) is 3.92. The molecule has 3 N–H and O–H groups in total. The molecule has 0 bridgehead atoms. The van der Waals surface area contributed by atoms with Crippen LogP contribution in [0.1, 0.15) is 24.0 Å². The summed E-state index contributed by atoms with van der Waals surface area (Å²) >= 11 is 7.81. The van der Waals surface area contributed by atoms with E-state index in [0.717, 1.165) is 17.3 Å². The zero-order valence-corrected chi connectivity index (χ0v) is 19.7. The Hall–Kier alpha value is -3.29. The van der Waals surface area contributed by atoms with Gasteiger partial charge in [0.25, 0.3) is 5.91 Å². The minimum Gasteiger partial charge on any atom is -0.301 e. The number of carbonyl (C=O) groups is 3. The van der Waals surface area contributed by atoms with Crippen LogP contribution in [0.4, 0.5) is 5.13 Å². The zero-order valence-electron chi connectivity index (χ0n) is 17.3. The number of rotatable bonds is 10. The minimum atomic E-state index is -0.357. The molecule has 0 unspecified atom stereocenters. The van der Waals surface area contributed by atoms with Crippen LogP contribution in [0.25, 0.3) is 0 Å². The van der Waals surface area contributed by atoms with E-state index in [2.05, 4.69) is 36.5 Å². The van der Waals surface area contributed by atoms with Crippen molar-refractivity contribution in [2.75, 3.05) is 22.4 Å². The number of thioether (sulfide) groups is 1. The number of nitrogens with one attached hydrogen (secondary N) is 3. The van der Waals surface area contributed by atoms with Crippen LogP contribution in [0.2, 0.25) is 0 Å². The third-order valence-electron chi connectivity index (χ3n) is 3.76. The van der Waals surface area contributed by atoms with Gasteiger partial charge in [-0.25, -0.2) is 15.1 Å². The highest BCUT2D eigenvalue weighted by Crippen LogP contribution is 2.20. The van der Waals surface area contributed by atoms with Crippen molar-refractivity contribution >= 4 is 63.8 Å². The van der Waals surface area contributed by atoms with Crippen LogP contribution in [0.3, 0.4) is 0 Å². The third kappa shape index (κ3) is 7.66. The molecule has 33 heavy (non-hydrogen) atoms. The van der Waals surface area contributed by atoms with E-state index in [9.17, 15) is 14.4 Å². The fraction of sp³-hybridized carbons (Fsp3) is 0.211. The summed E-state index contributed by atoms with van der Waals surface area (Å²) in [6.45, 7) is 1.35. The van der Waals surface area contributed by atoms with E-state index in [1.807, 2.05) is 30.3 Å². The maximum atomic E-state index is 12.1. The number of aromatic nitrogens is 4. The highest BCUT2D eigenvalue weighted by molar-refractivity contribution is 7.99. The van der Waals surface area contributed by atoms with Crippen LogP contribution in [0.15, 0.2) is 46.0 Å². The quantitative estimate of drug-likeness (QED) is 0.165. The number of nitrogens with zero attached hydrogens (tertiary/aromatic N) is 5. The Morgan fingerprint density at radius 2 is 2.00 bits per heavy atom. The molecule has 3 amide bonds. The molecule has 0 saturated carbocycles. The lowest BCUT2D eigenvalue weighted by Gasteiger charge is -2.09. The molecular formula is C19H19ClN8O3S2. The van der Waals surface area contributed by atoms with Crippen LogP contribution in [-0.4, -0.2) is 55.4 Å². The van der Waals surface area contributed by atoms with Gasteiger partial charge in [-0.3, -0.25) is 19.8 Å². The van der Waals surface area contributed by atoms with E-state index in [4.69, 9.17) is 11.6 Å². The summed E-state index contributed by atoms with van der Waals surface area (Å²) < 4.78 is 1.41. The lowest BCUT2D eigenvalue weighted by atomic mass is 10.2. The summed E-state index contributed by atoms with van der Waals surface area (Å²) in [5.74, 6) is -0.777. The van der Waals surface area contributed by atoms with Crippen molar-refractivity contribution in [3.8, 4) is 0 Å². The Morgan fingerprint density at radius 3 is 2.73 bits per heavy atom. The van der Waals surface area contributed by atoms with E-state index in [-0.39, 0.29) is 35.8 Å². The Bertz CT molecular complexity index is 1150. The van der Waals surface area contributed by atoms with E-state index in [1.165, 1.54) is 29.2 Å². The van der Waals surface area contributed by atoms with E-state index in [0.29, 0.717) is 21.8 Å². The first-order chi connectivity index (χ1) is 15.9. The first-order valence-electron chi connectivity index (χ1n) is 9.46. The molecule has 11 nitrogen and oxygen atoms in total. The molecule has 0 saturated heterocycles. The normalized spacial score (nSPS) is 10.8. The third-order valence-corrected chi connectivity index (χ3v) is 5.74. The number of amides is 3. The highest BCUT2D eigenvalue weighted by Gasteiger charge is 2.17. The molecule has 0 aliphatic heterocycles. The van der Waals surface area contributed by atoms with E-state index in [1.54, 1.807) is 5.38 Å². The van der Waals surface area contributed by atoms with Gasteiger partial charge < -0.3 is 5.32 Å².